The molecule has 0 aromatic heterocycles. The number of hydrogen-bond donors (Lipinski definition) is 0. The van der Waals surface area contributed by atoms with Gasteiger partial charge in [0.05, 0.1) is 11.5 Å². The fourth-order valence-electron chi connectivity index (χ4n) is 4.45. The van der Waals surface area contributed by atoms with Gasteiger partial charge in [-0.3, -0.25) is 9.69 Å². The number of piperazine rings is 1. The van der Waals surface area contributed by atoms with Gasteiger partial charge in [-0.1, -0.05) is 60.7 Å². The molecule has 1 aliphatic rings. The molecule has 0 unspecified atom stereocenters. The maximum absolute atomic E-state index is 13.4. The molecule has 8 heteroatoms. The summed E-state index contributed by atoms with van der Waals surface area (Å²) in [6.45, 7) is 6.13. The second-order valence-electron chi connectivity index (χ2n) is 9.24. The van der Waals surface area contributed by atoms with Crippen molar-refractivity contribution in [3.05, 3.63) is 102 Å². The Balaban J connectivity index is 1.41. The average molecular weight is 534 g/mol. The van der Waals surface area contributed by atoms with Gasteiger partial charge in [0, 0.05) is 57.4 Å². The van der Waals surface area contributed by atoms with E-state index in [1.54, 1.807) is 48.5 Å². The van der Waals surface area contributed by atoms with Gasteiger partial charge in [-0.25, -0.2) is 8.42 Å². The zero-order chi connectivity index (χ0) is 27.0. The third-order valence-corrected chi connectivity index (χ3v) is 8.40. The zero-order valence-electron chi connectivity index (χ0n) is 22.0. The molecule has 4 rings (SSSR count). The van der Waals surface area contributed by atoms with E-state index in [4.69, 9.17) is 4.74 Å². The minimum atomic E-state index is -3.68. The highest BCUT2D eigenvalue weighted by molar-refractivity contribution is 7.89. The van der Waals surface area contributed by atoms with Crippen LogP contribution in [0, 0.1) is 0 Å². The Morgan fingerprint density at radius 3 is 2.26 bits per heavy atom. The van der Waals surface area contributed by atoms with Crippen LogP contribution in [0.1, 0.15) is 28.4 Å². The monoisotopic (exact) mass is 533 g/mol. The van der Waals surface area contributed by atoms with Crippen molar-refractivity contribution in [2.45, 2.75) is 18.4 Å². The van der Waals surface area contributed by atoms with Crippen molar-refractivity contribution < 1.29 is 17.9 Å². The Morgan fingerprint density at radius 1 is 0.947 bits per heavy atom. The van der Waals surface area contributed by atoms with E-state index in [9.17, 15) is 13.2 Å². The molecule has 1 saturated heterocycles. The van der Waals surface area contributed by atoms with E-state index in [1.807, 2.05) is 30.0 Å². The van der Waals surface area contributed by atoms with Crippen LogP contribution >= 0.6 is 0 Å². The summed E-state index contributed by atoms with van der Waals surface area (Å²) >= 11 is 0. The van der Waals surface area contributed by atoms with Crippen molar-refractivity contribution in [1.29, 1.82) is 0 Å². The normalized spacial score (nSPS) is 14.8. The molecule has 0 atom stereocenters. The van der Waals surface area contributed by atoms with E-state index >= 15 is 0 Å². The number of sulfonamides is 1. The standard InChI is InChI=1S/C30H35N3O4S/c1-3-37-29-17-16-26(23-27(29)24-31(2)38(35,36)28-14-8-5-9-15-28)30(34)33-21-19-32(20-22-33)18-10-13-25-11-6-4-7-12-25/h4-17,23H,3,18-22,24H2,1-2H3/b13-10+. The first-order chi connectivity index (χ1) is 18.4. The maximum Gasteiger partial charge on any atom is 0.253 e. The van der Waals surface area contributed by atoms with Crippen LogP contribution < -0.4 is 4.74 Å². The minimum Gasteiger partial charge on any atom is -0.494 e. The van der Waals surface area contributed by atoms with Crippen LogP contribution in [-0.2, 0) is 16.6 Å². The minimum absolute atomic E-state index is 0.0534. The van der Waals surface area contributed by atoms with Crippen molar-refractivity contribution >= 4 is 22.0 Å². The average Bonchev–Trinajstić information content (AvgIpc) is 2.95. The van der Waals surface area contributed by atoms with Crippen LogP contribution in [0.3, 0.4) is 0 Å². The van der Waals surface area contributed by atoms with Gasteiger partial charge in [0.1, 0.15) is 5.75 Å². The molecule has 1 fully saturated rings. The van der Waals surface area contributed by atoms with Crippen LogP contribution in [-0.4, -0.2) is 74.8 Å². The predicted molar refractivity (Wildman–Crippen MR) is 151 cm³/mol. The summed E-state index contributed by atoms with van der Waals surface area (Å²) in [5.41, 5.74) is 2.37. The molecule has 0 N–H and O–H groups in total. The number of nitrogens with zero attached hydrogens (tertiary/aromatic N) is 3. The number of carbonyl (C=O) groups excluding carboxylic acids is 1. The molecular formula is C30H35N3O4S. The van der Waals surface area contributed by atoms with Crippen LogP contribution in [0.25, 0.3) is 6.08 Å². The molecule has 1 heterocycles. The lowest BCUT2D eigenvalue weighted by atomic mass is 10.1. The van der Waals surface area contributed by atoms with Crippen molar-refractivity contribution in [3.63, 3.8) is 0 Å². The Hall–Kier alpha value is -3.46. The van der Waals surface area contributed by atoms with Crippen LogP contribution in [0.15, 0.2) is 89.8 Å². The van der Waals surface area contributed by atoms with Gasteiger partial charge in [0.2, 0.25) is 10.0 Å². The van der Waals surface area contributed by atoms with Crippen LogP contribution in [0.2, 0.25) is 0 Å². The molecule has 200 valence electrons. The summed E-state index contributed by atoms with van der Waals surface area (Å²) < 4.78 is 33.2. The fourth-order valence-corrected chi connectivity index (χ4v) is 5.62. The van der Waals surface area contributed by atoms with Gasteiger partial charge in [-0.15, -0.1) is 0 Å². The van der Waals surface area contributed by atoms with Crippen molar-refractivity contribution in [1.82, 2.24) is 14.1 Å². The molecule has 1 aliphatic heterocycles. The lowest BCUT2D eigenvalue weighted by Crippen LogP contribution is -2.48. The highest BCUT2D eigenvalue weighted by atomic mass is 32.2. The molecule has 0 bridgehead atoms. The van der Waals surface area contributed by atoms with Crippen LogP contribution in [0.4, 0.5) is 0 Å². The highest BCUT2D eigenvalue weighted by Gasteiger charge is 2.25. The number of rotatable bonds is 10. The molecule has 0 aliphatic carbocycles. The van der Waals surface area contributed by atoms with Gasteiger partial charge in [0.15, 0.2) is 0 Å². The molecule has 7 nitrogen and oxygen atoms in total. The SMILES string of the molecule is CCOc1ccc(C(=O)N2CCN(C/C=C/c3ccccc3)CC2)cc1CN(C)S(=O)(=O)c1ccccc1. The van der Waals surface area contributed by atoms with Gasteiger partial charge >= 0.3 is 0 Å². The first kappa shape index (κ1) is 27.6. The third-order valence-electron chi connectivity index (χ3n) is 6.58. The Labute approximate surface area is 226 Å². The first-order valence-corrected chi connectivity index (χ1v) is 14.3. The fraction of sp³-hybridized carbons (Fsp3) is 0.300. The van der Waals surface area contributed by atoms with Gasteiger partial charge in [0.25, 0.3) is 5.91 Å². The number of benzene rings is 3. The third kappa shape index (κ3) is 6.89. The maximum atomic E-state index is 13.4. The van der Waals surface area contributed by atoms with E-state index in [-0.39, 0.29) is 17.3 Å². The summed E-state index contributed by atoms with van der Waals surface area (Å²) in [4.78, 5) is 17.8. The Bertz CT molecular complexity index is 1340. The highest BCUT2D eigenvalue weighted by Crippen LogP contribution is 2.25. The molecule has 3 aromatic rings. The summed E-state index contributed by atoms with van der Waals surface area (Å²) in [6.07, 6.45) is 4.28. The first-order valence-electron chi connectivity index (χ1n) is 12.9. The van der Waals surface area contributed by atoms with Crippen LogP contribution in [0.5, 0.6) is 5.75 Å². The zero-order valence-corrected chi connectivity index (χ0v) is 22.8. The van der Waals surface area contributed by atoms with Gasteiger partial charge in [-0.2, -0.15) is 4.31 Å². The molecule has 0 saturated carbocycles. The van der Waals surface area contributed by atoms with E-state index in [0.717, 1.165) is 19.6 Å². The topological polar surface area (TPSA) is 70.2 Å². The lowest BCUT2D eigenvalue weighted by Gasteiger charge is -2.34. The number of amides is 1. The Kier molecular flexibility index (Phi) is 9.33. The second-order valence-corrected chi connectivity index (χ2v) is 11.3. The summed E-state index contributed by atoms with van der Waals surface area (Å²) in [5.74, 6) is 0.525. The van der Waals surface area contributed by atoms with Crippen molar-refractivity contribution in [2.75, 3.05) is 46.4 Å². The molecule has 0 spiro atoms. The summed E-state index contributed by atoms with van der Waals surface area (Å²) in [5, 5.41) is 0. The van der Waals surface area contributed by atoms with Gasteiger partial charge in [-0.05, 0) is 42.8 Å². The second kappa shape index (κ2) is 12.9. The van der Waals surface area contributed by atoms with E-state index in [1.165, 1.54) is 16.9 Å². The molecule has 3 aromatic carbocycles. The molecular weight excluding hydrogens is 498 g/mol. The van der Waals surface area contributed by atoms with Crippen molar-refractivity contribution in [2.24, 2.45) is 0 Å². The van der Waals surface area contributed by atoms with Gasteiger partial charge < -0.3 is 9.64 Å². The molecule has 1 amide bonds. The quantitative estimate of drug-likeness (QED) is 0.387. The smallest absolute Gasteiger partial charge is 0.253 e. The summed E-state index contributed by atoms with van der Waals surface area (Å²) in [6, 6.07) is 23.8. The number of hydrogen-bond acceptors (Lipinski definition) is 5. The Morgan fingerprint density at radius 2 is 1.61 bits per heavy atom. The van der Waals surface area contributed by atoms with E-state index in [2.05, 4.69) is 29.2 Å². The predicted octanol–water partition coefficient (Wildman–Crippen LogP) is 4.38. The molecule has 38 heavy (non-hydrogen) atoms. The molecule has 0 radical (unpaired) electrons. The summed E-state index contributed by atoms with van der Waals surface area (Å²) in [7, 11) is -2.14. The van der Waals surface area contributed by atoms with E-state index < -0.39 is 10.0 Å². The van der Waals surface area contributed by atoms with E-state index in [0.29, 0.717) is 36.6 Å². The largest absolute Gasteiger partial charge is 0.494 e. The number of ether oxygens (including phenoxy) is 1. The number of carbonyl (C=O) groups is 1. The van der Waals surface area contributed by atoms with Crippen molar-refractivity contribution in [3.8, 4) is 5.75 Å². The lowest BCUT2D eigenvalue weighted by molar-refractivity contribution is 0.0650.